The zero-order chi connectivity index (χ0) is 32.6. The first-order valence-electron chi connectivity index (χ1n) is 14.6. The van der Waals surface area contributed by atoms with Crippen molar-refractivity contribution < 1.29 is 32.2 Å². The number of aliphatic hydroxyl groups is 1. The van der Waals surface area contributed by atoms with E-state index in [0.29, 0.717) is 62.1 Å². The van der Waals surface area contributed by atoms with Crippen molar-refractivity contribution in [3.05, 3.63) is 88.9 Å². The summed E-state index contributed by atoms with van der Waals surface area (Å²) >= 11 is 3.14. The van der Waals surface area contributed by atoms with Gasteiger partial charge in [0.05, 0.1) is 12.3 Å². The van der Waals surface area contributed by atoms with E-state index in [9.17, 15) is 23.1 Å². The van der Waals surface area contributed by atoms with Crippen LogP contribution in [0.3, 0.4) is 0 Å². The van der Waals surface area contributed by atoms with E-state index in [1.54, 1.807) is 16.7 Å². The van der Waals surface area contributed by atoms with Gasteiger partial charge in [-0.05, 0) is 111 Å². The molecule has 5 rings (SSSR count). The Bertz CT molecular complexity index is 1460. The van der Waals surface area contributed by atoms with Crippen molar-refractivity contribution in [3.63, 3.8) is 0 Å². The van der Waals surface area contributed by atoms with Crippen LogP contribution in [-0.2, 0) is 0 Å². The van der Waals surface area contributed by atoms with Gasteiger partial charge in [0.1, 0.15) is 17.4 Å². The second-order valence-electron chi connectivity index (χ2n) is 11.0. The van der Waals surface area contributed by atoms with Crippen molar-refractivity contribution >= 4 is 41.0 Å². The number of aryl methyl sites for hydroxylation is 1. The van der Waals surface area contributed by atoms with Gasteiger partial charge < -0.3 is 19.5 Å². The first-order valence-corrected chi connectivity index (χ1v) is 17.0. The van der Waals surface area contributed by atoms with Crippen LogP contribution in [0, 0.1) is 12.7 Å². The van der Waals surface area contributed by atoms with Gasteiger partial charge in [0.15, 0.2) is 0 Å². The molecular formula is C33H37F4N3O3S2. The molecule has 2 heterocycles. The molecule has 0 radical (unpaired) electrons. The number of piperidine rings is 1. The lowest BCUT2D eigenvalue weighted by Crippen LogP contribution is -2.38. The number of pyridine rings is 1. The Morgan fingerprint density at radius 2 is 1.69 bits per heavy atom. The van der Waals surface area contributed by atoms with Crippen molar-refractivity contribution in [1.82, 2.24) is 9.88 Å². The SMILES string of the molecule is CSC.Cc1ccc(SNc2ncc(F)c(C3CCN(C(=O)c4ccc(OC(F)(F)F)cc4)CC3)c2C2=CCC(O)CC2)cc1. The number of aliphatic hydroxyl groups excluding tert-OH is 1. The third-order valence-corrected chi connectivity index (χ3v) is 8.39. The maximum Gasteiger partial charge on any atom is 0.573 e. The maximum absolute atomic E-state index is 15.6. The average Bonchev–Trinajstić information content (AvgIpc) is 3.01. The highest BCUT2D eigenvalue weighted by Gasteiger charge is 2.33. The number of nitrogens with one attached hydrogen (secondary N) is 1. The average molecular weight is 664 g/mol. The molecule has 3 aromatic rings. The Balaban J connectivity index is 0.00000148. The van der Waals surface area contributed by atoms with Gasteiger partial charge in [0.25, 0.3) is 5.91 Å². The summed E-state index contributed by atoms with van der Waals surface area (Å²) in [7, 11) is 0. The third kappa shape index (κ3) is 9.64. The van der Waals surface area contributed by atoms with Crippen LogP contribution in [0.5, 0.6) is 5.75 Å². The van der Waals surface area contributed by atoms with Gasteiger partial charge in [0.2, 0.25) is 0 Å². The second kappa shape index (κ2) is 15.9. The summed E-state index contributed by atoms with van der Waals surface area (Å²) in [5.74, 6) is -0.726. The van der Waals surface area contributed by atoms with Crippen LogP contribution in [0.25, 0.3) is 5.57 Å². The van der Waals surface area contributed by atoms with E-state index < -0.39 is 24.0 Å². The molecule has 1 aliphatic heterocycles. The van der Waals surface area contributed by atoms with Crippen molar-refractivity contribution in [2.24, 2.45) is 0 Å². The highest BCUT2D eigenvalue weighted by molar-refractivity contribution is 8.00. The molecular weight excluding hydrogens is 627 g/mol. The van der Waals surface area contributed by atoms with Gasteiger partial charge in [-0.1, -0.05) is 23.8 Å². The monoisotopic (exact) mass is 663 g/mol. The number of hydrogen-bond acceptors (Lipinski definition) is 7. The lowest BCUT2D eigenvalue weighted by Gasteiger charge is -2.34. The molecule has 2 aromatic carbocycles. The molecule has 1 fully saturated rings. The Morgan fingerprint density at radius 3 is 2.27 bits per heavy atom. The van der Waals surface area contributed by atoms with E-state index in [1.807, 2.05) is 49.8 Å². The third-order valence-electron chi connectivity index (χ3n) is 7.59. The van der Waals surface area contributed by atoms with Gasteiger partial charge in [-0.2, -0.15) is 11.8 Å². The Kier molecular flexibility index (Phi) is 12.2. The zero-order valence-electron chi connectivity index (χ0n) is 25.4. The van der Waals surface area contributed by atoms with E-state index in [4.69, 9.17) is 0 Å². The Morgan fingerprint density at radius 1 is 1.04 bits per heavy atom. The molecule has 6 nitrogen and oxygen atoms in total. The van der Waals surface area contributed by atoms with E-state index in [1.165, 1.54) is 30.3 Å². The molecule has 2 N–H and O–H groups in total. The molecule has 0 bridgehead atoms. The molecule has 242 valence electrons. The summed E-state index contributed by atoms with van der Waals surface area (Å²) in [6.07, 6.45) is 4.70. The summed E-state index contributed by atoms with van der Waals surface area (Å²) in [5.41, 5.74) is 3.61. The summed E-state index contributed by atoms with van der Waals surface area (Å²) in [4.78, 5) is 20.1. The number of aromatic nitrogens is 1. The molecule has 1 aromatic heterocycles. The minimum atomic E-state index is -4.81. The predicted molar refractivity (Wildman–Crippen MR) is 173 cm³/mol. The predicted octanol–water partition coefficient (Wildman–Crippen LogP) is 8.47. The molecule has 0 spiro atoms. The zero-order valence-corrected chi connectivity index (χ0v) is 27.0. The van der Waals surface area contributed by atoms with Crippen LogP contribution in [0.2, 0.25) is 0 Å². The maximum atomic E-state index is 15.6. The van der Waals surface area contributed by atoms with Crippen LogP contribution in [0.1, 0.15) is 65.1 Å². The number of ether oxygens (including phenoxy) is 1. The topological polar surface area (TPSA) is 74.7 Å². The molecule has 0 saturated carbocycles. The number of rotatable bonds is 7. The van der Waals surface area contributed by atoms with Gasteiger partial charge in [-0.3, -0.25) is 4.79 Å². The highest BCUT2D eigenvalue weighted by atomic mass is 32.2. The van der Waals surface area contributed by atoms with Crippen LogP contribution in [0.15, 0.2) is 65.7 Å². The first-order chi connectivity index (χ1) is 21.5. The van der Waals surface area contributed by atoms with Gasteiger partial charge in [-0.15, -0.1) is 13.2 Å². The Hall–Kier alpha value is -3.22. The number of allylic oxidation sites excluding steroid dienone is 1. The van der Waals surface area contributed by atoms with Gasteiger partial charge in [-0.25, -0.2) is 9.37 Å². The van der Waals surface area contributed by atoms with Crippen LogP contribution < -0.4 is 9.46 Å². The number of alkyl halides is 3. The first kappa shape index (κ1) is 34.6. The van der Waals surface area contributed by atoms with E-state index in [-0.39, 0.29) is 17.4 Å². The number of anilines is 1. The van der Waals surface area contributed by atoms with Crippen LogP contribution >= 0.6 is 23.7 Å². The van der Waals surface area contributed by atoms with Crippen molar-refractivity contribution in [2.75, 3.05) is 30.3 Å². The summed E-state index contributed by atoms with van der Waals surface area (Å²) in [6.45, 7) is 2.74. The number of benzene rings is 2. The van der Waals surface area contributed by atoms with E-state index >= 15 is 4.39 Å². The fourth-order valence-corrected chi connectivity index (χ4v) is 6.06. The summed E-state index contributed by atoms with van der Waals surface area (Å²) in [5, 5.41) is 10.1. The molecule has 45 heavy (non-hydrogen) atoms. The minimum Gasteiger partial charge on any atom is -0.406 e. The fourth-order valence-electron chi connectivity index (χ4n) is 5.42. The standard InChI is InChI=1S/C31H31F4N3O3S.C2H6S/c1-19-2-12-25(13-3-19)42-37-29-28(20-4-8-23(39)9-5-20)27(26(32)18-36-29)21-14-16-38(17-15-21)30(40)22-6-10-24(11-7-22)41-31(33,34)35;1-3-2/h2-4,6-7,10-13,18,21,23,39H,5,8-9,14-17H2,1H3,(H,36,37);1-2H3. The van der Waals surface area contributed by atoms with E-state index in [0.717, 1.165) is 28.2 Å². The number of nitrogens with zero attached hydrogens (tertiary/aromatic N) is 2. The number of halogens is 4. The number of hydrogen-bond donors (Lipinski definition) is 2. The lowest BCUT2D eigenvalue weighted by atomic mass is 9.82. The molecule has 1 unspecified atom stereocenters. The molecule has 2 aliphatic rings. The van der Waals surface area contributed by atoms with Gasteiger partial charge in [0, 0.05) is 34.7 Å². The van der Waals surface area contributed by atoms with E-state index in [2.05, 4.69) is 14.4 Å². The number of carbonyl (C=O) groups excluding carboxylic acids is 1. The molecule has 12 heteroatoms. The molecule has 1 saturated heterocycles. The van der Waals surface area contributed by atoms with Crippen molar-refractivity contribution in [2.45, 2.75) is 62.3 Å². The molecule has 1 aliphatic carbocycles. The lowest BCUT2D eigenvalue weighted by molar-refractivity contribution is -0.274. The smallest absolute Gasteiger partial charge is 0.406 e. The summed E-state index contributed by atoms with van der Waals surface area (Å²) in [6, 6.07) is 12.9. The number of carbonyl (C=O) groups is 1. The number of amides is 1. The largest absolute Gasteiger partial charge is 0.573 e. The quantitative estimate of drug-likeness (QED) is 0.194. The highest BCUT2D eigenvalue weighted by Crippen LogP contribution is 2.42. The minimum absolute atomic E-state index is 0.174. The molecule has 1 amide bonds. The number of thioether (sulfide) groups is 1. The second-order valence-corrected chi connectivity index (χ2v) is 12.7. The van der Waals surface area contributed by atoms with Gasteiger partial charge >= 0.3 is 6.36 Å². The summed E-state index contributed by atoms with van der Waals surface area (Å²) < 4.78 is 60.2. The van der Waals surface area contributed by atoms with Crippen molar-refractivity contribution in [1.29, 1.82) is 0 Å². The normalized spacial score (nSPS) is 17.2. The number of likely N-dealkylation sites (tertiary alicyclic amines) is 1. The van der Waals surface area contributed by atoms with Crippen LogP contribution in [0.4, 0.5) is 23.4 Å². The fraction of sp³-hybridized carbons (Fsp3) is 0.394. The molecule has 1 atom stereocenters. The Labute approximate surface area is 269 Å². The van der Waals surface area contributed by atoms with Crippen molar-refractivity contribution in [3.8, 4) is 5.75 Å². The van der Waals surface area contributed by atoms with Crippen LogP contribution in [-0.4, -0.2) is 59.0 Å².